The van der Waals surface area contributed by atoms with Crippen LogP contribution in [0.2, 0.25) is 0 Å². The molecule has 0 aliphatic heterocycles. The molecule has 0 atom stereocenters. The molecule has 5 heteroatoms. The molecule has 0 bridgehead atoms. The molecule has 0 spiro atoms. The first-order valence-electron chi connectivity index (χ1n) is 2.16. The Hall–Kier alpha value is -0.770. The van der Waals surface area contributed by atoms with E-state index in [0.717, 1.165) is 4.90 Å². The van der Waals surface area contributed by atoms with Crippen LogP contribution in [-0.2, 0) is 4.79 Å². The molecule has 0 aliphatic rings. The minimum Gasteiger partial charge on any atom is -0.480 e. The Kier molecular flexibility index (Phi) is 3.01. The first-order valence-corrected chi connectivity index (χ1v) is 2.54. The van der Waals surface area contributed by atoms with Gasteiger partial charge < -0.3 is 10.0 Å². The molecule has 0 aromatic rings. The fourth-order valence-corrected chi connectivity index (χ4v) is 0.325. The summed E-state index contributed by atoms with van der Waals surface area (Å²) in [5.41, 5.74) is 0. The summed E-state index contributed by atoms with van der Waals surface area (Å²) in [4.78, 5) is 20.9. The molecule has 0 aromatic heterocycles. The third-order valence-corrected chi connectivity index (χ3v) is 0.961. The molecule has 0 saturated carbocycles. The van der Waals surface area contributed by atoms with Gasteiger partial charge in [-0.15, -0.1) is 0 Å². The molecule has 9 heavy (non-hydrogen) atoms. The van der Waals surface area contributed by atoms with Crippen molar-refractivity contribution >= 4 is 22.9 Å². The summed E-state index contributed by atoms with van der Waals surface area (Å²) in [5.74, 6) is -1.08. The molecule has 0 saturated heterocycles. The largest absolute Gasteiger partial charge is 0.480 e. The smallest absolute Gasteiger partial charge is 0.323 e. The van der Waals surface area contributed by atoms with Gasteiger partial charge in [0, 0.05) is 7.05 Å². The van der Waals surface area contributed by atoms with Crippen molar-refractivity contribution in [2.24, 2.45) is 0 Å². The van der Waals surface area contributed by atoms with Gasteiger partial charge in [-0.25, -0.2) is 0 Å². The van der Waals surface area contributed by atoms with Crippen molar-refractivity contribution in [2.75, 3.05) is 13.6 Å². The van der Waals surface area contributed by atoms with Crippen molar-refractivity contribution in [1.82, 2.24) is 4.90 Å². The third-order valence-electron chi connectivity index (χ3n) is 0.673. The lowest BCUT2D eigenvalue weighted by molar-refractivity contribution is -0.137. The van der Waals surface area contributed by atoms with Gasteiger partial charge in [-0.3, -0.25) is 9.59 Å². The van der Waals surface area contributed by atoms with Gasteiger partial charge in [0.1, 0.15) is 6.54 Å². The predicted octanol–water partition coefficient (Wildman–Crippen LogP) is 0.362. The van der Waals surface area contributed by atoms with Gasteiger partial charge in [-0.05, 0) is 11.6 Å². The highest BCUT2D eigenvalue weighted by Gasteiger charge is 2.07. The number of carboxylic acids is 1. The van der Waals surface area contributed by atoms with Crippen LogP contribution in [-0.4, -0.2) is 34.9 Å². The summed E-state index contributed by atoms with van der Waals surface area (Å²) in [6.45, 7) is -0.359. The number of rotatable bonds is 2. The average molecular weight is 152 g/mol. The minimum absolute atomic E-state index is 0.359. The van der Waals surface area contributed by atoms with Crippen LogP contribution in [0.15, 0.2) is 0 Å². The Morgan fingerprint density at radius 2 is 2.11 bits per heavy atom. The van der Waals surface area contributed by atoms with Crippen molar-refractivity contribution in [1.29, 1.82) is 0 Å². The Balaban J connectivity index is 3.63. The maximum absolute atomic E-state index is 10.1. The van der Waals surface area contributed by atoms with Gasteiger partial charge in [-0.2, -0.15) is 0 Å². The topological polar surface area (TPSA) is 57.6 Å². The number of carbonyl (C=O) groups excluding carboxylic acids is 1. The van der Waals surface area contributed by atoms with Crippen LogP contribution in [0.3, 0.4) is 0 Å². The first kappa shape index (κ1) is 8.23. The van der Waals surface area contributed by atoms with Gasteiger partial charge in [-0.1, -0.05) is 0 Å². The Labute approximate surface area is 57.0 Å². The van der Waals surface area contributed by atoms with Crippen molar-refractivity contribution in [3.63, 3.8) is 0 Å². The summed E-state index contributed by atoms with van der Waals surface area (Å²) in [6, 6.07) is 0. The lowest BCUT2D eigenvalue weighted by Gasteiger charge is -2.07. The van der Waals surface area contributed by atoms with E-state index in [0.29, 0.717) is 0 Å². The van der Waals surface area contributed by atoms with Crippen LogP contribution in [0.5, 0.6) is 0 Å². The maximum atomic E-state index is 10.1. The summed E-state index contributed by atoms with van der Waals surface area (Å²) in [7, 11) is 1.31. The van der Waals surface area contributed by atoms with E-state index in [9.17, 15) is 9.59 Å². The molecular formula is C4H6ClNO3. The van der Waals surface area contributed by atoms with E-state index >= 15 is 0 Å². The second-order valence-corrected chi connectivity index (χ2v) is 1.83. The molecule has 1 N–H and O–H groups in total. The van der Waals surface area contributed by atoms with E-state index in [1.165, 1.54) is 7.05 Å². The SMILES string of the molecule is CN(CC(=O)O)C(=O)Cl. The third kappa shape index (κ3) is 3.78. The standard InChI is InChI=1S/C4H6ClNO3/c1-6(4(5)9)2-3(7)8/h2H2,1H3,(H,7,8). The van der Waals surface area contributed by atoms with Crippen molar-refractivity contribution in [2.45, 2.75) is 0 Å². The zero-order valence-electron chi connectivity index (χ0n) is 4.80. The molecule has 0 heterocycles. The van der Waals surface area contributed by atoms with E-state index in [1.807, 2.05) is 0 Å². The summed E-state index contributed by atoms with van der Waals surface area (Å²) < 4.78 is 0. The normalized spacial score (nSPS) is 8.67. The number of likely N-dealkylation sites (N-methyl/N-ethyl adjacent to an activating group) is 1. The molecule has 52 valence electrons. The maximum Gasteiger partial charge on any atom is 0.323 e. The molecule has 0 rings (SSSR count). The monoisotopic (exact) mass is 151 g/mol. The van der Waals surface area contributed by atoms with E-state index in [2.05, 4.69) is 0 Å². The fraction of sp³-hybridized carbons (Fsp3) is 0.500. The van der Waals surface area contributed by atoms with Crippen LogP contribution in [0, 0.1) is 0 Å². The summed E-state index contributed by atoms with van der Waals surface area (Å²) in [5, 5.41) is 7.31. The number of amides is 1. The second kappa shape index (κ2) is 3.29. The number of hydrogen-bond acceptors (Lipinski definition) is 2. The quantitative estimate of drug-likeness (QED) is 0.458. The van der Waals surface area contributed by atoms with Crippen LogP contribution < -0.4 is 0 Å². The zero-order valence-corrected chi connectivity index (χ0v) is 5.55. The van der Waals surface area contributed by atoms with Crippen molar-refractivity contribution in [3.8, 4) is 0 Å². The van der Waals surface area contributed by atoms with Gasteiger partial charge in [0.25, 0.3) is 0 Å². The molecular weight excluding hydrogens is 146 g/mol. The number of halogens is 1. The van der Waals surface area contributed by atoms with Crippen molar-refractivity contribution in [3.05, 3.63) is 0 Å². The number of nitrogens with zero attached hydrogens (tertiary/aromatic N) is 1. The van der Waals surface area contributed by atoms with E-state index < -0.39 is 11.3 Å². The van der Waals surface area contributed by atoms with Gasteiger partial charge in [0.15, 0.2) is 0 Å². The first-order chi connectivity index (χ1) is 4.04. The van der Waals surface area contributed by atoms with Crippen LogP contribution >= 0.6 is 11.6 Å². The molecule has 4 nitrogen and oxygen atoms in total. The minimum atomic E-state index is -1.08. The zero-order chi connectivity index (χ0) is 7.44. The second-order valence-electron chi connectivity index (χ2n) is 1.50. The van der Waals surface area contributed by atoms with Crippen LogP contribution in [0.25, 0.3) is 0 Å². The molecule has 0 fully saturated rings. The number of aliphatic carboxylic acids is 1. The lowest BCUT2D eigenvalue weighted by Crippen LogP contribution is -2.27. The Morgan fingerprint density at radius 3 is 2.22 bits per heavy atom. The number of carbonyl (C=O) groups is 2. The van der Waals surface area contributed by atoms with Crippen LogP contribution in [0.4, 0.5) is 4.79 Å². The molecule has 0 radical (unpaired) electrons. The predicted molar refractivity (Wildman–Crippen MR) is 31.5 cm³/mol. The highest BCUT2D eigenvalue weighted by molar-refractivity contribution is 6.62. The Bertz CT molecular complexity index is 136. The molecule has 1 amide bonds. The van der Waals surface area contributed by atoms with Gasteiger partial charge in [0.05, 0.1) is 0 Å². The number of hydrogen-bond donors (Lipinski definition) is 1. The van der Waals surface area contributed by atoms with Crippen LogP contribution in [0.1, 0.15) is 0 Å². The van der Waals surface area contributed by atoms with Gasteiger partial charge in [0.2, 0.25) is 0 Å². The highest BCUT2D eigenvalue weighted by Crippen LogP contribution is 1.89. The summed E-state index contributed by atoms with van der Waals surface area (Å²) in [6.07, 6.45) is 0. The van der Waals surface area contributed by atoms with E-state index in [1.54, 1.807) is 0 Å². The molecule has 0 aliphatic carbocycles. The highest BCUT2D eigenvalue weighted by atomic mass is 35.5. The Morgan fingerprint density at radius 1 is 1.67 bits per heavy atom. The average Bonchev–Trinajstić information content (AvgIpc) is 1.63. The molecule has 0 unspecified atom stereocenters. The summed E-state index contributed by atoms with van der Waals surface area (Å²) >= 11 is 4.90. The lowest BCUT2D eigenvalue weighted by atomic mass is 10.6. The van der Waals surface area contributed by atoms with E-state index in [-0.39, 0.29) is 6.54 Å². The van der Waals surface area contributed by atoms with Gasteiger partial charge >= 0.3 is 11.3 Å². The fourth-order valence-electron chi connectivity index (χ4n) is 0.265. The van der Waals surface area contributed by atoms with Crippen molar-refractivity contribution < 1.29 is 14.7 Å². The number of carboxylic acid groups (broad SMARTS) is 1. The van der Waals surface area contributed by atoms with E-state index in [4.69, 9.17) is 16.7 Å². The molecule has 0 aromatic carbocycles.